The van der Waals surface area contributed by atoms with Crippen molar-refractivity contribution in [3.8, 4) is 0 Å². The third kappa shape index (κ3) is 3.25. The van der Waals surface area contributed by atoms with Gasteiger partial charge in [-0.2, -0.15) is 0 Å². The summed E-state index contributed by atoms with van der Waals surface area (Å²) in [5.41, 5.74) is 0.936. The Balaban J connectivity index is 2.32. The van der Waals surface area contributed by atoms with Gasteiger partial charge in [0, 0.05) is 30.9 Å². The van der Waals surface area contributed by atoms with Crippen molar-refractivity contribution < 1.29 is 5.11 Å². The molecule has 1 unspecified atom stereocenters. The molecule has 1 saturated heterocycles. The number of aromatic nitrogens is 1. The van der Waals surface area contributed by atoms with E-state index in [-0.39, 0.29) is 0 Å². The Morgan fingerprint density at radius 1 is 1.47 bits per heavy atom. The molecule has 0 aromatic carbocycles. The number of hydrogen-bond donors (Lipinski definition) is 1. The van der Waals surface area contributed by atoms with Gasteiger partial charge in [-0.3, -0.25) is 0 Å². The number of pyridine rings is 1. The number of nitrogens with zero attached hydrogens (tertiary/aromatic N) is 3. The highest BCUT2D eigenvalue weighted by Gasteiger charge is 2.25. The minimum atomic E-state index is -0.470. The topological polar surface area (TPSA) is 39.6 Å². The summed E-state index contributed by atoms with van der Waals surface area (Å²) in [6.07, 6.45) is 3.59. The zero-order valence-corrected chi connectivity index (χ0v) is 12.2. The van der Waals surface area contributed by atoms with E-state index >= 15 is 0 Å². The lowest BCUT2D eigenvalue weighted by atomic mass is 10.1. The summed E-state index contributed by atoms with van der Waals surface area (Å²) >= 11 is 0. The molecule has 2 rings (SSSR count). The number of aliphatic hydroxyl groups excluding tert-OH is 1. The zero-order valence-electron chi connectivity index (χ0n) is 12.2. The van der Waals surface area contributed by atoms with Crippen LogP contribution in [0.2, 0.25) is 0 Å². The van der Waals surface area contributed by atoms with Gasteiger partial charge in [0.05, 0.1) is 6.10 Å². The molecule has 4 nitrogen and oxygen atoms in total. The highest BCUT2D eigenvalue weighted by Crippen LogP contribution is 2.27. The molecule has 1 aliphatic rings. The summed E-state index contributed by atoms with van der Waals surface area (Å²) in [7, 11) is 2.18. The van der Waals surface area contributed by atoms with Crippen LogP contribution in [0.1, 0.15) is 38.4 Å². The van der Waals surface area contributed by atoms with E-state index < -0.39 is 6.10 Å². The van der Waals surface area contributed by atoms with E-state index in [4.69, 9.17) is 0 Å². The molecule has 2 heterocycles. The highest BCUT2D eigenvalue weighted by molar-refractivity contribution is 5.49. The Morgan fingerprint density at radius 3 is 2.95 bits per heavy atom. The molecule has 0 aliphatic carbocycles. The Hall–Kier alpha value is -1.13. The predicted molar refractivity (Wildman–Crippen MR) is 78.4 cm³/mol. The van der Waals surface area contributed by atoms with E-state index in [9.17, 15) is 5.11 Å². The van der Waals surface area contributed by atoms with E-state index in [0.29, 0.717) is 6.04 Å². The maximum Gasteiger partial charge on any atom is 0.134 e. The van der Waals surface area contributed by atoms with E-state index in [1.54, 1.807) is 0 Å². The van der Waals surface area contributed by atoms with Crippen LogP contribution >= 0.6 is 0 Å². The first-order valence-corrected chi connectivity index (χ1v) is 7.21. The van der Waals surface area contributed by atoms with Crippen LogP contribution in [0.15, 0.2) is 18.3 Å². The molecule has 0 amide bonds. The van der Waals surface area contributed by atoms with Gasteiger partial charge < -0.3 is 14.9 Å². The quantitative estimate of drug-likeness (QED) is 0.906. The van der Waals surface area contributed by atoms with Gasteiger partial charge in [0.2, 0.25) is 0 Å². The lowest BCUT2D eigenvalue weighted by Crippen LogP contribution is -2.40. The van der Waals surface area contributed by atoms with Crippen LogP contribution < -0.4 is 4.90 Å². The van der Waals surface area contributed by atoms with Crippen molar-refractivity contribution >= 4 is 5.82 Å². The summed E-state index contributed by atoms with van der Waals surface area (Å²) in [5, 5.41) is 9.94. The van der Waals surface area contributed by atoms with Gasteiger partial charge in [0.1, 0.15) is 5.82 Å². The smallest absolute Gasteiger partial charge is 0.134 e. The molecule has 1 aliphatic heterocycles. The van der Waals surface area contributed by atoms with Crippen molar-refractivity contribution in [2.24, 2.45) is 0 Å². The maximum absolute atomic E-state index is 9.94. The molecular weight excluding hydrogens is 238 g/mol. The Morgan fingerprint density at radius 2 is 2.26 bits per heavy atom. The fourth-order valence-corrected chi connectivity index (χ4v) is 2.85. The van der Waals surface area contributed by atoms with Crippen LogP contribution in [0, 0.1) is 0 Å². The second-order valence-electron chi connectivity index (χ2n) is 5.46. The number of rotatable bonds is 3. The van der Waals surface area contributed by atoms with Gasteiger partial charge >= 0.3 is 0 Å². The summed E-state index contributed by atoms with van der Waals surface area (Å²) in [6, 6.07) is 4.35. The number of hydrogen-bond acceptors (Lipinski definition) is 4. The first kappa shape index (κ1) is 14.3. The largest absolute Gasteiger partial charge is 0.389 e. The minimum Gasteiger partial charge on any atom is -0.389 e. The lowest BCUT2D eigenvalue weighted by Gasteiger charge is -2.33. The average Bonchev–Trinajstić information content (AvgIpc) is 2.60. The fourth-order valence-electron chi connectivity index (χ4n) is 2.85. The highest BCUT2D eigenvalue weighted by atomic mass is 16.3. The Bertz CT molecular complexity index is 408. The molecular formula is C15H25N3O. The second kappa shape index (κ2) is 6.35. The fraction of sp³-hybridized carbons (Fsp3) is 0.667. The summed E-state index contributed by atoms with van der Waals surface area (Å²) in [4.78, 5) is 9.30. The van der Waals surface area contributed by atoms with Crippen molar-refractivity contribution in [1.29, 1.82) is 0 Å². The van der Waals surface area contributed by atoms with E-state index in [1.165, 1.54) is 0 Å². The summed E-state index contributed by atoms with van der Waals surface area (Å²) in [5.74, 6) is 0.958. The first-order valence-electron chi connectivity index (χ1n) is 7.21. The molecule has 0 bridgehead atoms. The van der Waals surface area contributed by atoms with Crippen molar-refractivity contribution in [2.45, 2.75) is 38.8 Å². The van der Waals surface area contributed by atoms with Gasteiger partial charge in [-0.05, 0) is 39.4 Å². The van der Waals surface area contributed by atoms with Gasteiger partial charge in [0.25, 0.3) is 0 Å². The van der Waals surface area contributed by atoms with Crippen LogP contribution in [-0.2, 0) is 0 Å². The molecule has 1 aromatic rings. The predicted octanol–water partition coefficient (Wildman–Crippen LogP) is 2.06. The van der Waals surface area contributed by atoms with E-state index in [0.717, 1.165) is 43.9 Å². The monoisotopic (exact) mass is 263 g/mol. The normalized spacial score (nSPS) is 23.2. The lowest BCUT2D eigenvalue weighted by molar-refractivity contribution is 0.199. The molecule has 4 heteroatoms. The van der Waals surface area contributed by atoms with E-state index in [1.807, 2.05) is 25.3 Å². The van der Waals surface area contributed by atoms with E-state index in [2.05, 4.69) is 28.8 Å². The van der Waals surface area contributed by atoms with Gasteiger partial charge in [-0.1, -0.05) is 13.0 Å². The van der Waals surface area contributed by atoms with Gasteiger partial charge in [-0.15, -0.1) is 0 Å². The van der Waals surface area contributed by atoms with Crippen molar-refractivity contribution in [2.75, 3.05) is 31.6 Å². The minimum absolute atomic E-state index is 0.470. The molecule has 0 saturated carbocycles. The summed E-state index contributed by atoms with van der Waals surface area (Å²) < 4.78 is 0. The summed E-state index contributed by atoms with van der Waals surface area (Å²) in [6.45, 7) is 7.24. The van der Waals surface area contributed by atoms with Crippen LogP contribution in [0.4, 0.5) is 5.82 Å². The molecule has 0 radical (unpaired) electrons. The van der Waals surface area contributed by atoms with Crippen molar-refractivity contribution in [3.05, 3.63) is 23.9 Å². The standard InChI is InChI=1S/C15H25N3O/c1-4-13-11-17(3)9-6-10-18(13)15-14(12(2)19)7-5-8-16-15/h5,7-8,12-13,19H,4,6,9-11H2,1-3H3/t12-,13?/m1/s1. The molecule has 2 atom stereocenters. The number of anilines is 1. The molecule has 1 N–H and O–H groups in total. The van der Waals surface area contributed by atoms with Crippen LogP contribution in [0.5, 0.6) is 0 Å². The van der Waals surface area contributed by atoms with Crippen LogP contribution in [-0.4, -0.2) is 47.7 Å². The Labute approximate surface area is 116 Å². The SMILES string of the molecule is CCC1CN(C)CCCN1c1ncccc1[C@@H](C)O. The van der Waals surface area contributed by atoms with Gasteiger partial charge in [0.15, 0.2) is 0 Å². The first-order chi connectivity index (χ1) is 9.13. The molecule has 0 spiro atoms. The van der Waals surface area contributed by atoms with Crippen LogP contribution in [0.3, 0.4) is 0 Å². The van der Waals surface area contributed by atoms with Gasteiger partial charge in [-0.25, -0.2) is 4.98 Å². The molecule has 106 valence electrons. The zero-order chi connectivity index (χ0) is 13.8. The average molecular weight is 263 g/mol. The molecule has 1 aromatic heterocycles. The Kier molecular flexibility index (Phi) is 4.77. The van der Waals surface area contributed by atoms with Crippen molar-refractivity contribution in [1.82, 2.24) is 9.88 Å². The maximum atomic E-state index is 9.94. The molecule has 1 fully saturated rings. The third-order valence-electron chi connectivity index (χ3n) is 3.91. The van der Waals surface area contributed by atoms with Crippen LogP contribution in [0.25, 0.3) is 0 Å². The number of aliphatic hydroxyl groups is 1. The molecule has 19 heavy (non-hydrogen) atoms. The third-order valence-corrected chi connectivity index (χ3v) is 3.91. The second-order valence-corrected chi connectivity index (χ2v) is 5.46. The van der Waals surface area contributed by atoms with Crippen molar-refractivity contribution in [3.63, 3.8) is 0 Å². The number of likely N-dealkylation sites (N-methyl/N-ethyl adjacent to an activating group) is 1.